The lowest BCUT2D eigenvalue weighted by atomic mass is 9.68. The molecule has 5 heteroatoms. The average Bonchev–Trinajstić information content (AvgIpc) is 3.16. The zero-order valence-electron chi connectivity index (χ0n) is 12.8. The number of rotatable bonds is 2. The van der Waals surface area contributed by atoms with Crippen LogP contribution in [-0.4, -0.2) is 29.9 Å². The van der Waals surface area contributed by atoms with E-state index < -0.39 is 17.8 Å². The Hall–Kier alpha value is -1.65. The van der Waals surface area contributed by atoms with E-state index in [2.05, 4.69) is 0 Å². The molecule has 4 fully saturated rings. The van der Waals surface area contributed by atoms with Gasteiger partial charge in [0.05, 0.1) is 18.0 Å². The minimum absolute atomic E-state index is 0.0402. The van der Waals surface area contributed by atoms with Crippen LogP contribution in [0.3, 0.4) is 0 Å². The Bertz CT molecular complexity index is 671. The summed E-state index contributed by atoms with van der Waals surface area (Å²) in [5, 5.41) is 0. The lowest BCUT2D eigenvalue weighted by molar-refractivity contribution is -0.147. The fraction of sp³-hybridized carbons (Fsp3) is 0.611. The van der Waals surface area contributed by atoms with Crippen LogP contribution in [-0.2, 0) is 4.79 Å². The number of likely N-dealkylation sites (tertiary alicyclic amines) is 1. The second kappa shape index (κ2) is 4.46. The SMILES string of the molecule is O=C(N1C[C@@H]2C[C@H]1c1ccccc1O2)C12CC(C1)C(C(F)F)C2. The summed E-state index contributed by atoms with van der Waals surface area (Å²) in [6.07, 6.45) is 0.233. The standard InChI is InChI=1S/C18H19F2NO2/c19-16(20)13-8-18(6-10(13)7-18)17(22)21-9-11-5-14(21)12-3-1-2-4-15(12)23-11/h1-4,10-11,13-14,16H,5-9H2/t10?,11-,13?,14-,18?/m0/s1. The summed E-state index contributed by atoms with van der Waals surface area (Å²) in [5.41, 5.74) is 0.545. The Morgan fingerprint density at radius 2 is 2.04 bits per heavy atom. The van der Waals surface area contributed by atoms with E-state index in [4.69, 9.17) is 4.74 Å². The Balaban J connectivity index is 1.43. The molecule has 5 aliphatic rings. The molecule has 1 amide bonds. The molecule has 0 N–H and O–H groups in total. The van der Waals surface area contributed by atoms with Gasteiger partial charge in [0.25, 0.3) is 0 Å². The number of nitrogens with zero attached hydrogens (tertiary/aromatic N) is 1. The Morgan fingerprint density at radius 1 is 1.26 bits per heavy atom. The first-order valence-electron chi connectivity index (χ1n) is 8.42. The molecule has 3 atom stereocenters. The molecule has 1 aromatic rings. The smallest absolute Gasteiger partial charge is 0.241 e. The molecule has 6 rings (SSSR count). The van der Waals surface area contributed by atoms with Crippen molar-refractivity contribution in [3.05, 3.63) is 29.8 Å². The molecule has 0 radical (unpaired) electrons. The van der Waals surface area contributed by atoms with Crippen LogP contribution < -0.4 is 4.74 Å². The van der Waals surface area contributed by atoms with Crippen molar-refractivity contribution in [2.24, 2.45) is 17.3 Å². The Kier molecular flexibility index (Phi) is 2.67. The van der Waals surface area contributed by atoms with Crippen molar-refractivity contribution in [2.45, 2.75) is 44.3 Å². The summed E-state index contributed by atoms with van der Waals surface area (Å²) in [6.45, 7) is 0.587. The van der Waals surface area contributed by atoms with Gasteiger partial charge in [-0.25, -0.2) is 8.78 Å². The molecular weight excluding hydrogens is 300 g/mol. The molecule has 3 aliphatic carbocycles. The van der Waals surface area contributed by atoms with Crippen molar-refractivity contribution < 1.29 is 18.3 Å². The van der Waals surface area contributed by atoms with E-state index in [1.165, 1.54) is 0 Å². The first-order chi connectivity index (χ1) is 11.1. The Morgan fingerprint density at radius 3 is 2.78 bits per heavy atom. The monoisotopic (exact) mass is 319 g/mol. The molecule has 0 aromatic heterocycles. The zero-order chi connectivity index (χ0) is 15.8. The third kappa shape index (κ3) is 1.76. The maximum atomic E-state index is 13.2. The first-order valence-corrected chi connectivity index (χ1v) is 8.42. The topological polar surface area (TPSA) is 29.5 Å². The molecule has 1 unspecified atom stereocenters. The number of hydrogen-bond acceptors (Lipinski definition) is 2. The second-order valence-electron chi connectivity index (χ2n) is 7.64. The normalized spacial score (nSPS) is 39.9. The number of fused-ring (bicyclic) bond motifs is 5. The van der Waals surface area contributed by atoms with Crippen LogP contribution in [0.15, 0.2) is 24.3 Å². The summed E-state index contributed by atoms with van der Waals surface area (Å²) < 4.78 is 32.1. The Labute approximate surface area is 133 Å². The summed E-state index contributed by atoms with van der Waals surface area (Å²) in [6, 6.07) is 7.91. The maximum absolute atomic E-state index is 13.2. The molecule has 23 heavy (non-hydrogen) atoms. The molecule has 0 spiro atoms. The van der Waals surface area contributed by atoms with Gasteiger partial charge >= 0.3 is 0 Å². The van der Waals surface area contributed by atoms with E-state index in [0.717, 1.165) is 17.7 Å². The lowest BCUT2D eigenvalue weighted by Gasteiger charge is -2.41. The van der Waals surface area contributed by atoms with E-state index in [1.54, 1.807) is 0 Å². The number of amides is 1. The molecule has 3 saturated carbocycles. The number of ether oxygens (including phenoxy) is 1. The van der Waals surface area contributed by atoms with Gasteiger partial charge in [-0.1, -0.05) is 18.2 Å². The summed E-state index contributed by atoms with van der Waals surface area (Å²) in [5.74, 6) is 0.420. The highest BCUT2D eigenvalue weighted by Crippen LogP contribution is 2.64. The van der Waals surface area contributed by atoms with E-state index in [9.17, 15) is 13.6 Å². The third-order valence-electron chi connectivity index (χ3n) is 6.41. The number of carbonyl (C=O) groups is 1. The first kappa shape index (κ1) is 13.8. The van der Waals surface area contributed by atoms with Gasteiger partial charge in [0.1, 0.15) is 11.9 Å². The average molecular weight is 319 g/mol. The van der Waals surface area contributed by atoms with Crippen LogP contribution in [0.2, 0.25) is 0 Å². The van der Waals surface area contributed by atoms with Crippen LogP contribution in [0.1, 0.15) is 37.3 Å². The number of hydrogen-bond donors (Lipinski definition) is 0. The van der Waals surface area contributed by atoms with Gasteiger partial charge in [0.2, 0.25) is 12.3 Å². The quantitative estimate of drug-likeness (QED) is 0.836. The van der Waals surface area contributed by atoms with Gasteiger partial charge in [-0.3, -0.25) is 4.79 Å². The van der Waals surface area contributed by atoms with Crippen molar-refractivity contribution in [3.8, 4) is 5.75 Å². The zero-order valence-corrected chi connectivity index (χ0v) is 12.8. The highest BCUT2D eigenvalue weighted by atomic mass is 19.3. The van der Waals surface area contributed by atoms with Gasteiger partial charge in [-0.2, -0.15) is 0 Å². The second-order valence-corrected chi connectivity index (χ2v) is 7.64. The maximum Gasteiger partial charge on any atom is 0.241 e. The molecular formula is C18H19F2NO2. The predicted molar refractivity (Wildman–Crippen MR) is 79.2 cm³/mol. The van der Waals surface area contributed by atoms with Crippen molar-refractivity contribution in [1.82, 2.24) is 4.90 Å². The molecule has 1 aromatic carbocycles. The highest BCUT2D eigenvalue weighted by molar-refractivity contribution is 5.85. The summed E-state index contributed by atoms with van der Waals surface area (Å²) in [4.78, 5) is 15.1. The van der Waals surface area contributed by atoms with Crippen molar-refractivity contribution in [2.75, 3.05) is 6.54 Å². The molecule has 122 valence electrons. The number of benzene rings is 1. The number of para-hydroxylation sites is 1. The van der Waals surface area contributed by atoms with Gasteiger partial charge in [-0.05, 0) is 31.2 Å². The van der Waals surface area contributed by atoms with E-state index >= 15 is 0 Å². The van der Waals surface area contributed by atoms with Crippen LogP contribution in [0.25, 0.3) is 0 Å². The van der Waals surface area contributed by atoms with E-state index in [0.29, 0.717) is 25.8 Å². The predicted octanol–water partition coefficient (Wildman–Crippen LogP) is 3.40. The molecule has 4 bridgehead atoms. The van der Waals surface area contributed by atoms with Crippen molar-refractivity contribution >= 4 is 5.91 Å². The summed E-state index contributed by atoms with van der Waals surface area (Å²) >= 11 is 0. The number of alkyl halides is 2. The van der Waals surface area contributed by atoms with Crippen LogP contribution >= 0.6 is 0 Å². The van der Waals surface area contributed by atoms with Crippen molar-refractivity contribution in [1.29, 1.82) is 0 Å². The van der Waals surface area contributed by atoms with E-state index in [1.807, 2.05) is 29.2 Å². The molecule has 3 nitrogen and oxygen atoms in total. The number of carbonyl (C=O) groups excluding carboxylic acids is 1. The lowest BCUT2D eigenvalue weighted by Crippen LogP contribution is -2.46. The fourth-order valence-electron chi connectivity index (χ4n) is 5.34. The molecule has 2 heterocycles. The van der Waals surface area contributed by atoms with Gasteiger partial charge in [-0.15, -0.1) is 0 Å². The van der Waals surface area contributed by atoms with Crippen LogP contribution in [0, 0.1) is 17.3 Å². The minimum Gasteiger partial charge on any atom is -0.488 e. The van der Waals surface area contributed by atoms with Crippen LogP contribution in [0.5, 0.6) is 5.75 Å². The molecule has 1 saturated heterocycles. The molecule has 2 aliphatic heterocycles. The summed E-state index contributed by atoms with van der Waals surface area (Å²) in [7, 11) is 0. The number of halogens is 2. The highest BCUT2D eigenvalue weighted by Gasteiger charge is 2.64. The third-order valence-corrected chi connectivity index (χ3v) is 6.41. The van der Waals surface area contributed by atoms with E-state index in [-0.39, 0.29) is 24.0 Å². The van der Waals surface area contributed by atoms with Gasteiger partial charge in [0.15, 0.2) is 0 Å². The minimum atomic E-state index is -2.29. The van der Waals surface area contributed by atoms with Gasteiger partial charge in [0, 0.05) is 17.9 Å². The van der Waals surface area contributed by atoms with Crippen LogP contribution in [0.4, 0.5) is 8.78 Å². The fourth-order valence-corrected chi connectivity index (χ4v) is 5.34. The largest absolute Gasteiger partial charge is 0.488 e. The van der Waals surface area contributed by atoms with Gasteiger partial charge < -0.3 is 9.64 Å². The van der Waals surface area contributed by atoms with Crippen molar-refractivity contribution in [3.63, 3.8) is 0 Å².